The van der Waals surface area contributed by atoms with E-state index >= 15 is 0 Å². The number of phenolic OH excluding ortho intramolecular Hbond substituents is 1. The molecule has 5 rings (SSSR count). The van der Waals surface area contributed by atoms with Gasteiger partial charge in [0.05, 0.1) is 35.6 Å². The Morgan fingerprint density at radius 1 is 1.17 bits per heavy atom. The quantitative estimate of drug-likeness (QED) is 0.330. The van der Waals surface area contributed by atoms with Crippen LogP contribution >= 0.6 is 0 Å². The molecule has 1 heterocycles. The number of benzene rings is 1. The lowest BCUT2D eigenvalue weighted by Crippen LogP contribution is -2.77. The number of carbonyl (C=O) groups excluding carboxylic acids is 5. The standard InChI is InChI=1S/C29H34N4O8/c1-12-15-5-4-14(11-33-8-6-13(10-30)7-9-33)22(34)17(15)23(35)18-16(12)24(36)20-21(32(2)3)25(37)19(28(31)40)27(39)29(20,41)26(18)38/h4-5,12-13,16,18-21,24,34,36,41H,6-9,11H2,1-3H3,(H2,31,40)/t12-,16+,18?,19?,20+,21-,24-,29?/m0/s1. The zero-order valence-corrected chi connectivity index (χ0v) is 23.1. The van der Waals surface area contributed by atoms with Crippen molar-refractivity contribution in [1.82, 2.24) is 9.80 Å². The summed E-state index contributed by atoms with van der Waals surface area (Å²) in [6.45, 7) is 3.26. The number of nitriles is 1. The van der Waals surface area contributed by atoms with Crippen molar-refractivity contribution >= 4 is 29.0 Å². The van der Waals surface area contributed by atoms with Gasteiger partial charge in [-0.25, -0.2) is 0 Å². The summed E-state index contributed by atoms with van der Waals surface area (Å²) in [5.74, 6) is -13.3. The lowest BCUT2D eigenvalue weighted by Gasteiger charge is -2.56. The number of aliphatic hydroxyl groups is 2. The SMILES string of the molecule is C[C@H]1c2ccc(CN3CCC(C#N)CC3)c(O)c2C(=O)C2C(=O)C3(O)C(=O)C(C(N)=O)C(=O)[C@@H](N(C)C)[C@@H]3[C@@H](O)[C@@H]21. The Morgan fingerprint density at radius 3 is 2.37 bits per heavy atom. The third-order valence-electron chi connectivity index (χ3n) is 9.74. The third kappa shape index (κ3) is 4.06. The van der Waals surface area contributed by atoms with Crippen molar-refractivity contribution in [3.63, 3.8) is 0 Å². The molecule has 0 aromatic heterocycles. The van der Waals surface area contributed by atoms with Gasteiger partial charge < -0.3 is 21.1 Å². The highest BCUT2D eigenvalue weighted by Gasteiger charge is 2.72. The summed E-state index contributed by atoms with van der Waals surface area (Å²) in [5.41, 5.74) is 3.06. The van der Waals surface area contributed by atoms with Gasteiger partial charge in [-0.1, -0.05) is 19.1 Å². The topological polar surface area (TPSA) is 202 Å². The number of primary amides is 1. The van der Waals surface area contributed by atoms with E-state index in [0.29, 0.717) is 43.6 Å². The number of hydrogen-bond donors (Lipinski definition) is 4. The second-order valence-electron chi connectivity index (χ2n) is 12.1. The summed E-state index contributed by atoms with van der Waals surface area (Å²) >= 11 is 0. The highest BCUT2D eigenvalue weighted by Crippen LogP contribution is 2.54. The molecule has 3 aliphatic carbocycles. The summed E-state index contributed by atoms with van der Waals surface area (Å²) in [6, 6.07) is 4.23. The van der Waals surface area contributed by atoms with E-state index in [-0.39, 0.29) is 17.2 Å². The van der Waals surface area contributed by atoms with Crippen LogP contribution in [-0.2, 0) is 25.7 Å². The Morgan fingerprint density at radius 2 is 1.80 bits per heavy atom. The predicted molar refractivity (Wildman–Crippen MR) is 141 cm³/mol. The average molecular weight is 567 g/mol. The number of Topliss-reactive ketones (excluding diaryl/α,β-unsaturated/α-hetero) is 4. The number of piperidine rings is 1. The summed E-state index contributed by atoms with van der Waals surface area (Å²) in [4.78, 5) is 70.2. The molecule has 0 spiro atoms. The number of nitrogens with zero attached hydrogens (tertiary/aromatic N) is 3. The lowest BCUT2D eigenvalue weighted by molar-refractivity contribution is -0.196. The maximum atomic E-state index is 14.1. The van der Waals surface area contributed by atoms with Gasteiger partial charge in [0.1, 0.15) is 5.75 Å². The minimum atomic E-state index is -3.02. The number of nitrogens with two attached hydrogens (primary N) is 1. The molecule has 2 saturated carbocycles. The summed E-state index contributed by atoms with van der Waals surface area (Å²) in [6.07, 6.45) is -0.289. The number of hydrogen-bond acceptors (Lipinski definition) is 11. The number of amides is 1. The summed E-state index contributed by atoms with van der Waals surface area (Å²) < 4.78 is 0. The molecule has 5 N–H and O–H groups in total. The number of fused-ring (bicyclic) bond motifs is 3. The van der Waals surface area contributed by atoms with Gasteiger partial charge in [0.2, 0.25) is 5.91 Å². The van der Waals surface area contributed by atoms with Crippen LogP contribution in [0.15, 0.2) is 12.1 Å². The summed E-state index contributed by atoms with van der Waals surface area (Å²) in [7, 11) is 2.90. The number of phenols is 1. The Balaban J connectivity index is 1.57. The number of carbonyl (C=O) groups is 5. The van der Waals surface area contributed by atoms with Crippen molar-refractivity contribution < 1.29 is 39.3 Å². The molecule has 4 aliphatic rings. The number of rotatable bonds is 4. The van der Waals surface area contributed by atoms with Gasteiger partial charge in [-0.2, -0.15) is 5.26 Å². The third-order valence-corrected chi connectivity index (χ3v) is 9.74. The van der Waals surface area contributed by atoms with Crippen LogP contribution in [0.1, 0.15) is 47.2 Å². The molecule has 41 heavy (non-hydrogen) atoms. The van der Waals surface area contributed by atoms with Crippen LogP contribution in [-0.4, -0.2) is 99.1 Å². The Labute approximate surface area is 236 Å². The molecule has 3 fully saturated rings. The molecule has 0 bridgehead atoms. The Hall–Kier alpha value is -3.50. The van der Waals surface area contributed by atoms with Gasteiger partial charge in [-0.15, -0.1) is 0 Å². The monoisotopic (exact) mass is 566 g/mol. The van der Waals surface area contributed by atoms with E-state index in [0.717, 1.165) is 0 Å². The van der Waals surface area contributed by atoms with Gasteiger partial charge in [0, 0.05) is 23.9 Å². The smallest absolute Gasteiger partial charge is 0.235 e. The minimum absolute atomic E-state index is 0.0276. The number of likely N-dealkylation sites (N-methyl/N-ethyl adjacent to an activating group) is 1. The molecule has 12 heteroatoms. The van der Waals surface area contributed by atoms with E-state index in [1.165, 1.54) is 19.0 Å². The van der Waals surface area contributed by atoms with E-state index < -0.39 is 76.4 Å². The predicted octanol–water partition coefficient (Wildman–Crippen LogP) is -0.866. The van der Waals surface area contributed by atoms with Crippen LogP contribution in [0.3, 0.4) is 0 Å². The number of likely N-dealkylation sites (tertiary alicyclic amines) is 1. The van der Waals surface area contributed by atoms with Crippen LogP contribution in [0.25, 0.3) is 0 Å². The molecular formula is C29H34N4O8. The van der Waals surface area contributed by atoms with Crippen molar-refractivity contribution in [1.29, 1.82) is 5.26 Å². The van der Waals surface area contributed by atoms with Crippen molar-refractivity contribution in [2.24, 2.45) is 35.3 Å². The first-order valence-electron chi connectivity index (χ1n) is 13.8. The molecule has 3 unspecified atom stereocenters. The average Bonchev–Trinajstić information content (AvgIpc) is 2.92. The van der Waals surface area contributed by atoms with Gasteiger partial charge in [-0.05, 0) is 51.5 Å². The van der Waals surface area contributed by atoms with Crippen LogP contribution in [0.4, 0.5) is 0 Å². The van der Waals surface area contributed by atoms with E-state index in [9.17, 15) is 39.3 Å². The van der Waals surface area contributed by atoms with Gasteiger partial charge in [0.25, 0.3) is 0 Å². The van der Waals surface area contributed by atoms with Crippen molar-refractivity contribution in [2.75, 3.05) is 27.2 Å². The summed E-state index contributed by atoms with van der Waals surface area (Å²) in [5, 5.41) is 43.8. The first-order valence-corrected chi connectivity index (χ1v) is 13.8. The fraction of sp³-hybridized carbons (Fsp3) is 0.586. The highest BCUT2D eigenvalue weighted by atomic mass is 16.3. The normalized spacial score (nSPS) is 36.0. The second-order valence-corrected chi connectivity index (χ2v) is 12.1. The first kappa shape index (κ1) is 29.0. The van der Waals surface area contributed by atoms with Crippen molar-refractivity contribution in [2.45, 2.75) is 50.0 Å². The zero-order chi connectivity index (χ0) is 30.1. The van der Waals surface area contributed by atoms with E-state index in [4.69, 9.17) is 11.0 Å². The molecule has 218 valence electrons. The fourth-order valence-corrected chi connectivity index (χ4v) is 7.62. The van der Waals surface area contributed by atoms with Crippen LogP contribution in [0.2, 0.25) is 0 Å². The van der Waals surface area contributed by atoms with E-state index in [1.54, 1.807) is 19.1 Å². The van der Waals surface area contributed by atoms with Crippen LogP contribution in [0.5, 0.6) is 5.75 Å². The molecule has 1 amide bonds. The molecule has 12 nitrogen and oxygen atoms in total. The van der Waals surface area contributed by atoms with E-state index in [1.807, 2.05) is 0 Å². The number of aromatic hydroxyl groups is 1. The maximum absolute atomic E-state index is 14.1. The maximum Gasteiger partial charge on any atom is 0.235 e. The molecule has 0 radical (unpaired) electrons. The largest absolute Gasteiger partial charge is 0.507 e. The number of ketones is 4. The molecular weight excluding hydrogens is 532 g/mol. The van der Waals surface area contributed by atoms with Gasteiger partial charge in [0.15, 0.2) is 34.7 Å². The van der Waals surface area contributed by atoms with Gasteiger partial charge >= 0.3 is 0 Å². The lowest BCUT2D eigenvalue weighted by atomic mass is 9.49. The minimum Gasteiger partial charge on any atom is -0.507 e. The van der Waals surface area contributed by atoms with E-state index in [2.05, 4.69) is 11.0 Å². The molecule has 8 atom stereocenters. The van der Waals surface area contributed by atoms with Gasteiger partial charge in [-0.3, -0.25) is 33.8 Å². The van der Waals surface area contributed by atoms with Crippen molar-refractivity contribution in [3.8, 4) is 11.8 Å². The molecule has 1 aliphatic heterocycles. The first-order chi connectivity index (χ1) is 19.3. The highest BCUT2D eigenvalue weighted by molar-refractivity contribution is 6.32. The van der Waals surface area contributed by atoms with Crippen molar-refractivity contribution in [3.05, 3.63) is 28.8 Å². The number of aliphatic hydroxyl groups excluding tert-OH is 1. The molecule has 1 aromatic rings. The molecule has 1 aromatic carbocycles. The Kier molecular flexibility index (Phi) is 7.14. The van der Waals surface area contributed by atoms with Crippen LogP contribution < -0.4 is 5.73 Å². The zero-order valence-electron chi connectivity index (χ0n) is 23.1. The Bertz CT molecular complexity index is 1390. The molecule has 1 saturated heterocycles. The second kappa shape index (κ2) is 10.1. The fourth-order valence-electron chi connectivity index (χ4n) is 7.62. The van der Waals surface area contributed by atoms with Crippen LogP contribution in [0, 0.1) is 40.9 Å².